The maximum absolute atomic E-state index is 12.7. The smallest absolute Gasteiger partial charge is 0.222 e. The van der Waals surface area contributed by atoms with Crippen molar-refractivity contribution < 1.29 is 28.7 Å². The van der Waals surface area contributed by atoms with Crippen molar-refractivity contribution in [2.75, 3.05) is 39.5 Å². The molecular formula is C25H42N2O6. The van der Waals surface area contributed by atoms with Crippen molar-refractivity contribution in [3.63, 3.8) is 0 Å². The van der Waals surface area contributed by atoms with Gasteiger partial charge in [0.15, 0.2) is 11.6 Å². The average Bonchev–Trinajstić information content (AvgIpc) is 2.69. The summed E-state index contributed by atoms with van der Waals surface area (Å²) in [6.45, 7) is 13.5. The van der Waals surface area contributed by atoms with E-state index in [4.69, 9.17) is 9.47 Å². The minimum absolute atomic E-state index is 0.00629. The van der Waals surface area contributed by atoms with E-state index in [1.807, 2.05) is 41.5 Å². The van der Waals surface area contributed by atoms with Crippen LogP contribution in [-0.4, -0.2) is 62.8 Å². The maximum Gasteiger partial charge on any atom is 0.222 e. The Morgan fingerprint density at radius 1 is 0.818 bits per heavy atom. The topological polar surface area (TPSA) is 111 Å². The molecule has 0 atom stereocenters. The molecule has 0 heterocycles. The molecule has 0 radical (unpaired) electrons. The molecule has 1 saturated carbocycles. The lowest BCUT2D eigenvalue weighted by Crippen LogP contribution is -2.35. The van der Waals surface area contributed by atoms with Crippen molar-refractivity contribution in [1.82, 2.24) is 10.6 Å². The fourth-order valence-corrected chi connectivity index (χ4v) is 3.47. The van der Waals surface area contributed by atoms with Gasteiger partial charge in [-0.15, -0.1) is 0 Å². The van der Waals surface area contributed by atoms with Crippen LogP contribution in [0.5, 0.6) is 0 Å². The summed E-state index contributed by atoms with van der Waals surface area (Å²) in [6.07, 6.45) is 1.37. The monoisotopic (exact) mass is 466 g/mol. The normalized spacial score (nSPS) is 15.8. The van der Waals surface area contributed by atoms with E-state index in [1.54, 1.807) is 0 Å². The number of Topliss-reactive ketones (excluding diaryl/α,β-unsaturated/α-hetero) is 3. The molecule has 8 nitrogen and oxygen atoms in total. The molecule has 1 aliphatic carbocycles. The Hall–Kier alpha value is -2.06. The van der Waals surface area contributed by atoms with Gasteiger partial charge in [0, 0.05) is 56.3 Å². The molecule has 0 spiro atoms. The Balaban J connectivity index is 2.53. The van der Waals surface area contributed by atoms with Crippen LogP contribution < -0.4 is 10.6 Å². The number of allylic oxidation sites excluding steroid dienone is 1. The molecule has 0 bridgehead atoms. The van der Waals surface area contributed by atoms with Gasteiger partial charge in [-0.1, -0.05) is 41.5 Å². The summed E-state index contributed by atoms with van der Waals surface area (Å²) in [6, 6.07) is 0. The molecule has 1 fully saturated rings. The summed E-state index contributed by atoms with van der Waals surface area (Å²) in [5.41, 5.74) is 0.459. The van der Waals surface area contributed by atoms with Crippen LogP contribution in [0.3, 0.4) is 0 Å². The number of rotatable bonds is 15. The predicted octanol–water partition coefficient (Wildman–Crippen LogP) is 2.60. The van der Waals surface area contributed by atoms with E-state index in [0.29, 0.717) is 70.9 Å². The fourth-order valence-electron chi connectivity index (χ4n) is 3.47. The summed E-state index contributed by atoms with van der Waals surface area (Å²) in [5.74, 6) is -0.284. The molecule has 0 aromatic carbocycles. The molecule has 1 rings (SSSR count). The van der Waals surface area contributed by atoms with Gasteiger partial charge in [-0.25, -0.2) is 0 Å². The van der Waals surface area contributed by atoms with Crippen molar-refractivity contribution in [1.29, 1.82) is 0 Å². The summed E-state index contributed by atoms with van der Waals surface area (Å²) in [4.78, 5) is 48.8. The standard InChI is InChI=1S/C25H42N2O6/c1-17(2)20(28)7-9-26-19(23-21(29)15-25(5,6)16-22(23)30)8-11-32-13-14-33-12-10-27-24(31)18(3)4/h17-18,26H,7-16H2,1-6H3,(H,27,31). The zero-order valence-electron chi connectivity index (χ0n) is 21.2. The fraction of sp³-hybridized carbons (Fsp3) is 0.760. The Labute approximate surface area is 198 Å². The highest BCUT2D eigenvalue weighted by atomic mass is 16.5. The molecule has 0 aliphatic heterocycles. The third-order valence-electron chi connectivity index (χ3n) is 5.43. The van der Waals surface area contributed by atoms with Crippen molar-refractivity contribution in [2.24, 2.45) is 17.3 Å². The molecule has 188 valence electrons. The maximum atomic E-state index is 12.7. The van der Waals surface area contributed by atoms with Crippen LogP contribution in [0, 0.1) is 17.3 Å². The quantitative estimate of drug-likeness (QED) is 0.217. The largest absolute Gasteiger partial charge is 0.387 e. The minimum atomic E-state index is -0.334. The van der Waals surface area contributed by atoms with Crippen LogP contribution in [0.4, 0.5) is 0 Å². The molecule has 0 saturated heterocycles. The zero-order valence-corrected chi connectivity index (χ0v) is 21.2. The van der Waals surface area contributed by atoms with E-state index < -0.39 is 0 Å². The van der Waals surface area contributed by atoms with Crippen LogP contribution in [0.2, 0.25) is 0 Å². The second-order valence-electron chi connectivity index (χ2n) is 9.94. The van der Waals surface area contributed by atoms with E-state index >= 15 is 0 Å². The van der Waals surface area contributed by atoms with Gasteiger partial charge in [0.25, 0.3) is 0 Å². The first-order valence-corrected chi connectivity index (χ1v) is 11.9. The Morgan fingerprint density at radius 2 is 1.39 bits per heavy atom. The van der Waals surface area contributed by atoms with Crippen molar-refractivity contribution in [3.8, 4) is 0 Å². The van der Waals surface area contributed by atoms with Crippen molar-refractivity contribution in [3.05, 3.63) is 11.3 Å². The van der Waals surface area contributed by atoms with E-state index in [2.05, 4.69) is 10.6 Å². The summed E-state index contributed by atoms with van der Waals surface area (Å²) in [5, 5.41) is 5.94. The van der Waals surface area contributed by atoms with E-state index in [0.717, 1.165) is 0 Å². The van der Waals surface area contributed by atoms with Gasteiger partial charge in [0.2, 0.25) is 5.91 Å². The number of carbonyl (C=O) groups excluding carboxylic acids is 4. The molecule has 0 unspecified atom stereocenters. The third kappa shape index (κ3) is 11.1. The van der Waals surface area contributed by atoms with Gasteiger partial charge in [-0.2, -0.15) is 0 Å². The first-order valence-electron chi connectivity index (χ1n) is 11.9. The predicted molar refractivity (Wildman–Crippen MR) is 127 cm³/mol. The lowest BCUT2D eigenvalue weighted by atomic mass is 9.73. The van der Waals surface area contributed by atoms with E-state index in [-0.39, 0.29) is 46.1 Å². The van der Waals surface area contributed by atoms with Gasteiger partial charge in [0.05, 0.1) is 32.0 Å². The molecule has 0 aromatic heterocycles. The number of amides is 1. The van der Waals surface area contributed by atoms with E-state index in [9.17, 15) is 19.2 Å². The third-order valence-corrected chi connectivity index (χ3v) is 5.43. The number of ketones is 3. The van der Waals surface area contributed by atoms with Crippen LogP contribution in [0.15, 0.2) is 11.3 Å². The van der Waals surface area contributed by atoms with Crippen molar-refractivity contribution in [2.45, 2.75) is 67.2 Å². The Morgan fingerprint density at radius 3 is 1.94 bits per heavy atom. The van der Waals surface area contributed by atoms with Gasteiger partial charge in [0.1, 0.15) is 5.78 Å². The highest BCUT2D eigenvalue weighted by Crippen LogP contribution is 2.34. The number of hydrogen-bond acceptors (Lipinski definition) is 7. The summed E-state index contributed by atoms with van der Waals surface area (Å²) in [7, 11) is 0. The van der Waals surface area contributed by atoms with Crippen LogP contribution >= 0.6 is 0 Å². The number of hydrogen-bond donors (Lipinski definition) is 2. The molecule has 0 aromatic rings. The molecule has 1 aliphatic rings. The number of carbonyl (C=O) groups is 4. The Kier molecular flexibility index (Phi) is 12.5. The van der Waals surface area contributed by atoms with Crippen LogP contribution in [0.25, 0.3) is 0 Å². The van der Waals surface area contributed by atoms with E-state index in [1.165, 1.54) is 0 Å². The zero-order chi connectivity index (χ0) is 25.0. The lowest BCUT2D eigenvalue weighted by molar-refractivity contribution is -0.127. The second kappa shape index (κ2) is 14.3. The average molecular weight is 467 g/mol. The van der Waals surface area contributed by atoms with Gasteiger partial charge >= 0.3 is 0 Å². The molecule has 8 heteroatoms. The molecule has 33 heavy (non-hydrogen) atoms. The summed E-state index contributed by atoms with van der Waals surface area (Å²) >= 11 is 0. The Bertz CT molecular complexity index is 702. The van der Waals surface area contributed by atoms with Gasteiger partial charge < -0.3 is 20.1 Å². The molecule has 1 amide bonds. The van der Waals surface area contributed by atoms with Crippen LogP contribution in [0.1, 0.15) is 67.2 Å². The van der Waals surface area contributed by atoms with Crippen molar-refractivity contribution >= 4 is 23.3 Å². The highest BCUT2D eigenvalue weighted by Gasteiger charge is 2.37. The summed E-state index contributed by atoms with van der Waals surface area (Å²) < 4.78 is 11.1. The first kappa shape index (κ1) is 29.0. The highest BCUT2D eigenvalue weighted by molar-refractivity contribution is 6.22. The number of ether oxygens (including phenoxy) is 2. The first-order chi connectivity index (χ1) is 15.4. The van der Waals surface area contributed by atoms with Crippen LogP contribution in [-0.2, 0) is 28.7 Å². The minimum Gasteiger partial charge on any atom is -0.387 e. The lowest BCUT2D eigenvalue weighted by Gasteiger charge is -2.30. The van der Waals surface area contributed by atoms with Gasteiger partial charge in [-0.05, 0) is 5.41 Å². The SMILES string of the molecule is CC(C)C(=O)CCNC(CCOCCOCCNC(=O)C(C)C)=C1C(=O)CC(C)(C)CC1=O. The van der Waals surface area contributed by atoms with Gasteiger partial charge in [-0.3, -0.25) is 19.2 Å². The molecular weight excluding hydrogens is 424 g/mol. The second-order valence-corrected chi connectivity index (χ2v) is 9.94. The number of nitrogens with one attached hydrogen (secondary N) is 2. The molecule has 2 N–H and O–H groups in total.